The highest BCUT2D eigenvalue weighted by molar-refractivity contribution is 5.77. The van der Waals surface area contributed by atoms with E-state index in [-0.39, 0.29) is 11.8 Å². The largest absolute Gasteiger partial charge is 0.369 e. The third-order valence-corrected chi connectivity index (χ3v) is 3.17. The van der Waals surface area contributed by atoms with Gasteiger partial charge in [-0.2, -0.15) is 0 Å². The van der Waals surface area contributed by atoms with E-state index in [1.807, 2.05) is 12.1 Å². The molecule has 2 heterocycles. The number of aromatic nitrogens is 1. The van der Waals surface area contributed by atoms with Crippen molar-refractivity contribution >= 4 is 5.91 Å². The van der Waals surface area contributed by atoms with Crippen LogP contribution in [0.3, 0.4) is 0 Å². The van der Waals surface area contributed by atoms with Gasteiger partial charge >= 0.3 is 0 Å². The van der Waals surface area contributed by atoms with Crippen LogP contribution >= 0.6 is 0 Å². The number of pyridine rings is 1. The van der Waals surface area contributed by atoms with Gasteiger partial charge in [-0.3, -0.25) is 14.7 Å². The Hall–Kier alpha value is -1.46. The van der Waals surface area contributed by atoms with E-state index in [1.54, 1.807) is 6.20 Å². The molecule has 0 aromatic carbocycles. The van der Waals surface area contributed by atoms with Gasteiger partial charge in [0.15, 0.2) is 0 Å². The molecule has 0 bridgehead atoms. The first kappa shape index (κ1) is 12.0. The number of carbonyl (C=O) groups is 1. The highest BCUT2D eigenvalue weighted by atomic mass is 16.1. The molecular formula is C12H18N4O. The molecule has 17 heavy (non-hydrogen) atoms. The Labute approximate surface area is 101 Å². The Morgan fingerprint density at radius 2 is 2.41 bits per heavy atom. The first-order chi connectivity index (χ1) is 8.19. The van der Waals surface area contributed by atoms with Crippen LogP contribution in [-0.2, 0) is 17.9 Å². The quantitative estimate of drug-likeness (QED) is 0.758. The monoisotopic (exact) mass is 234 g/mol. The van der Waals surface area contributed by atoms with E-state index in [1.165, 1.54) is 5.56 Å². The molecule has 1 unspecified atom stereocenters. The molecule has 0 saturated carbocycles. The fraction of sp³-hybridized carbons (Fsp3) is 0.500. The molecule has 1 aromatic heterocycles. The fourth-order valence-corrected chi connectivity index (χ4v) is 2.20. The Balaban J connectivity index is 1.95. The molecule has 0 radical (unpaired) electrons. The summed E-state index contributed by atoms with van der Waals surface area (Å²) in [4.78, 5) is 17.5. The van der Waals surface area contributed by atoms with Gasteiger partial charge in [-0.05, 0) is 30.7 Å². The van der Waals surface area contributed by atoms with Gasteiger partial charge < -0.3 is 11.5 Å². The second-order valence-corrected chi connectivity index (χ2v) is 4.48. The number of likely N-dealkylation sites (tertiary alicyclic amines) is 1. The molecule has 5 heteroatoms. The second kappa shape index (κ2) is 5.25. The van der Waals surface area contributed by atoms with Crippen LogP contribution < -0.4 is 11.5 Å². The van der Waals surface area contributed by atoms with Crippen LogP contribution in [0, 0.1) is 5.92 Å². The molecule has 1 amide bonds. The Morgan fingerprint density at radius 1 is 1.59 bits per heavy atom. The molecule has 4 N–H and O–H groups in total. The summed E-state index contributed by atoms with van der Waals surface area (Å²) in [7, 11) is 0. The molecule has 1 saturated heterocycles. The topological polar surface area (TPSA) is 85.2 Å². The van der Waals surface area contributed by atoms with Gasteiger partial charge in [0.05, 0.1) is 11.6 Å². The van der Waals surface area contributed by atoms with Crippen molar-refractivity contribution in [1.29, 1.82) is 0 Å². The zero-order chi connectivity index (χ0) is 12.3. The van der Waals surface area contributed by atoms with Crippen molar-refractivity contribution in [2.24, 2.45) is 17.4 Å². The minimum atomic E-state index is -0.190. The second-order valence-electron chi connectivity index (χ2n) is 4.48. The fourth-order valence-electron chi connectivity index (χ4n) is 2.20. The van der Waals surface area contributed by atoms with Crippen LogP contribution in [0.25, 0.3) is 0 Å². The first-order valence-corrected chi connectivity index (χ1v) is 5.84. The third-order valence-electron chi connectivity index (χ3n) is 3.17. The van der Waals surface area contributed by atoms with Gasteiger partial charge in [0.1, 0.15) is 0 Å². The average molecular weight is 234 g/mol. The van der Waals surface area contributed by atoms with Gasteiger partial charge in [0.25, 0.3) is 0 Å². The van der Waals surface area contributed by atoms with Crippen LogP contribution in [0.15, 0.2) is 18.3 Å². The lowest BCUT2D eigenvalue weighted by molar-refractivity contribution is -0.121. The van der Waals surface area contributed by atoms with E-state index in [0.29, 0.717) is 6.54 Å². The van der Waals surface area contributed by atoms with Crippen LogP contribution in [0.1, 0.15) is 17.7 Å². The number of nitrogens with zero attached hydrogens (tertiary/aromatic N) is 2. The van der Waals surface area contributed by atoms with Crippen molar-refractivity contribution in [2.45, 2.75) is 19.5 Å². The smallest absolute Gasteiger partial charge is 0.221 e. The number of amides is 1. The van der Waals surface area contributed by atoms with Crippen LogP contribution in [0.4, 0.5) is 0 Å². The Bertz CT molecular complexity index is 407. The summed E-state index contributed by atoms with van der Waals surface area (Å²) in [6, 6.07) is 3.99. The number of nitrogens with two attached hydrogens (primary N) is 2. The molecule has 1 fully saturated rings. The zero-order valence-corrected chi connectivity index (χ0v) is 9.80. The van der Waals surface area contributed by atoms with Gasteiger partial charge in [0, 0.05) is 25.8 Å². The molecule has 1 aliphatic rings. The summed E-state index contributed by atoms with van der Waals surface area (Å²) in [5, 5.41) is 0. The van der Waals surface area contributed by atoms with E-state index in [9.17, 15) is 4.79 Å². The summed E-state index contributed by atoms with van der Waals surface area (Å²) in [6.45, 7) is 2.97. The maximum atomic E-state index is 11.1. The number of hydrogen-bond donors (Lipinski definition) is 2. The molecule has 5 nitrogen and oxygen atoms in total. The summed E-state index contributed by atoms with van der Waals surface area (Å²) in [6.07, 6.45) is 2.64. The van der Waals surface area contributed by atoms with E-state index in [0.717, 1.165) is 31.7 Å². The van der Waals surface area contributed by atoms with Crippen molar-refractivity contribution in [3.05, 3.63) is 29.6 Å². The standard InChI is InChI=1S/C12H18N4O/c13-6-11-5-9(1-3-15-11)7-16-4-2-10(8-16)12(14)17/h1,3,5,10H,2,4,6-8,13H2,(H2,14,17). The molecule has 0 aliphatic carbocycles. The highest BCUT2D eigenvalue weighted by Gasteiger charge is 2.26. The number of rotatable bonds is 4. The minimum Gasteiger partial charge on any atom is -0.369 e. The normalized spacial score (nSPS) is 20.6. The van der Waals surface area contributed by atoms with Crippen molar-refractivity contribution in [3.63, 3.8) is 0 Å². The summed E-state index contributed by atoms with van der Waals surface area (Å²) in [5.74, 6) is -0.185. The number of hydrogen-bond acceptors (Lipinski definition) is 4. The molecule has 92 valence electrons. The molecular weight excluding hydrogens is 216 g/mol. The molecule has 0 spiro atoms. The van der Waals surface area contributed by atoms with Crippen LogP contribution in [0.2, 0.25) is 0 Å². The molecule has 1 aromatic rings. The van der Waals surface area contributed by atoms with Crippen LogP contribution in [0.5, 0.6) is 0 Å². The Morgan fingerprint density at radius 3 is 3.06 bits per heavy atom. The van der Waals surface area contributed by atoms with E-state index >= 15 is 0 Å². The van der Waals surface area contributed by atoms with Crippen LogP contribution in [-0.4, -0.2) is 28.9 Å². The number of primary amides is 1. The summed E-state index contributed by atoms with van der Waals surface area (Å²) < 4.78 is 0. The van der Waals surface area contributed by atoms with E-state index < -0.39 is 0 Å². The maximum Gasteiger partial charge on any atom is 0.221 e. The van der Waals surface area contributed by atoms with E-state index in [2.05, 4.69) is 9.88 Å². The van der Waals surface area contributed by atoms with Crippen molar-refractivity contribution in [3.8, 4) is 0 Å². The van der Waals surface area contributed by atoms with Gasteiger partial charge in [-0.15, -0.1) is 0 Å². The lowest BCUT2D eigenvalue weighted by Crippen LogP contribution is -2.27. The first-order valence-electron chi connectivity index (χ1n) is 5.84. The average Bonchev–Trinajstić information content (AvgIpc) is 2.78. The zero-order valence-electron chi connectivity index (χ0n) is 9.80. The molecule has 1 atom stereocenters. The highest BCUT2D eigenvalue weighted by Crippen LogP contribution is 2.18. The molecule has 2 rings (SSSR count). The number of carbonyl (C=O) groups excluding carboxylic acids is 1. The van der Waals surface area contributed by atoms with Crippen molar-refractivity contribution in [1.82, 2.24) is 9.88 Å². The predicted octanol–water partition coefficient (Wildman–Crippen LogP) is -0.152. The van der Waals surface area contributed by atoms with Crippen molar-refractivity contribution in [2.75, 3.05) is 13.1 Å². The lowest BCUT2D eigenvalue weighted by Gasteiger charge is -2.15. The summed E-state index contributed by atoms with van der Waals surface area (Å²) in [5.41, 5.74) is 12.9. The summed E-state index contributed by atoms with van der Waals surface area (Å²) >= 11 is 0. The van der Waals surface area contributed by atoms with Gasteiger partial charge in [0.2, 0.25) is 5.91 Å². The maximum absolute atomic E-state index is 11.1. The van der Waals surface area contributed by atoms with Crippen molar-refractivity contribution < 1.29 is 4.79 Å². The lowest BCUT2D eigenvalue weighted by atomic mass is 10.1. The van der Waals surface area contributed by atoms with E-state index in [4.69, 9.17) is 11.5 Å². The van der Waals surface area contributed by atoms with Gasteiger partial charge in [-0.1, -0.05) is 0 Å². The molecule has 1 aliphatic heterocycles. The third kappa shape index (κ3) is 3.01. The SMILES string of the molecule is NCc1cc(CN2CCC(C(N)=O)C2)ccn1. The predicted molar refractivity (Wildman–Crippen MR) is 64.7 cm³/mol. The Kier molecular flexibility index (Phi) is 3.71. The minimum absolute atomic E-state index is 0.00539. The van der Waals surface area contributed by atoms with Gasteiger partial charge in [-0.25, -0.2) is 0 Å².